The molecule has 1 heterocycles. The molecule has 0 amide bonds. The second-order valence-electron chi connectivity index (χ2n) is 5.78. The van der Waals surface area contributed by atoms with Crippen molar-refractivity contribution in [3.63, 3.8) is 0 Å². The summed E-state index contributed by atoms with van der Waals surface area (Å²) in [5.41, 5.74) is -0.0939. The molecule has 5 nitrogen and oxygen atoms in total. The van der Waals surface area contributed by atoms with Crippen molar-refractivity contribution in [2.24, 2.45) is 5.92 Å². The van der Waals surface area contributed by atoms with Crippen molar-refractivity contribution in [2.45, 2.75) is 50.5 Å². The number of nitrogens with zero attached hydrogens (tertiary/aromatic N) is 1. The molecule has 0 saturated heterocycles. The summed E-state index contributed by atoms with van der Waals surface area (Å²) in [5.74, 6) is 2.16. The molecule has 0 aromatic carbocycles. The predicted molar refractivity (Wildman–Crippen MR) is 73.3 cm³/mol. The Balaban J connectivity index is 1.64. The van der Waals surface area contributed by atoms with E-state index in [0.717, 1.165) is 37.9 Å². The minimum Gasteiger partial charge on any atom is -0.393 e. The first-order valence-electron chi connectivity index (χ1n) is 7.25. The Hall–Kier alpha value is -1.36. The van der Waals surface area contributed by atoms with Crippen molar-refractivity contribution in [1.82, 2.24) is 9.97 Å². The van der Waals surface area contributed by atoms with E-state index < -0.39 is 0 Å². The molecule has 0 radical (unpaired) electrons. The summed E-state index contributed by atoms with van der Waals surface area (Å²) in [7, 11) is 0. The van der Waals surface area contributed by atoms with Crippen molar-refractivity contribution < 1.29 is 5.11 Å². The molecular formula is C14H21N3O2. The zero-order chi connectivity index (χ0) is 13.2. The SMILES string of the molecule is O=c1cc(NCC2CCCCC2O)nc(C2CC2)[nH]1. The minimum absolute atomic E-state index is 0.0939. The van der Waals surface area contributed by atoms with E-state index >= 15 is 0 Å². The van der Waals surface area contributed by atoms with Crippen LogP contribution in [0.25, 0.3) is 0 Å². The van der Waals surface area contributed by atoms with E-state index in [1.165, 1.54) is 12.5 Å². The van der Waals surface area contributed by atoms with Crippen molar-refractivity contribution in [1.29, 1.82) is 0 Å². The van der Waals surface area contributed by atoms with Gasteiger partial charge in [0.15, 0.2) is 0 Å². The quantitative estimate of drug-likeness (QED) is 0.771. The van der Waals surface area contributed by atoms with Crippen LogP contribution in [0.5, 0.6) is 0 Å². The number of nitrogens with one attached hydrogen (secondary N) is 2. The molecule has 2 aliphatic rings. The van der Waals surface area contributed by atoms with E-state index in [1.54, 1.807) is 0 Å². The Bertz CT molecular complexity index is 496. The van der Waals surface area contributed by atoms with E-state index in [0.29, 0.717) is 18.3 Å². The molecule has 1 aromatic heterocycles. The number of hydrogen-bond donors (Lipinski definition) is 3. The lowest BCUT2D eigenvalue weighted by Crippen LogP contribution is -2.30. The number of rotatable bonds is 4. The van der Waals surface area contributed by atoms with Gasteiger partial charge in [-0.3, -0.25) is 4.79 Å². The van der Waals surface area contributed by atoms with Gasteiger partial charge in [0.05, 0.1) is 6.10 Å². The smallest absolute Gasteiger partial charge is 0.252 e. The first-order chi connectivity index (χ1) is 9.22. The molecule has 19 heavy (non-hydrogen) atoms. The van der Waals surface area contributed by atoms with Crippen LogP contribution in [0.4, 0.5) is 5.82 Å². The average Bonchev–Trinajstić information content (AvgIpc) is 3.21. The lowest BCUT2D eigenvalue weighted by atomic mass is 9.86. The van der Waals surface area contributed by atoms with Gasteiger partial charge in [-0.1, -0.05) is 12.8 Å². The number of hydrogen-bond acceptors (Lipinski definition) is 4. The van der Waals surface area contributed by atoms with Crippen LogP contribution in [0.3, 0.4) is 0 Å². The zero-order valence-corrected chi connectivity index (χ0v) is 11.1. The highest BCUT2D eigenvalue weighted by Crippen LogP contribution is 2.37. The van der Waals surface area contributed by atoms with Gasteiger partial charge < -0.3 is 15.4 Å². The van der Waals surface area contributed by atoms with Crippen molar-refractivity contribution in [2.75, 3.05) is 11.9 Å². The Labute approximate surface area is 112 Å². The number of aliphatic hydroxyl groups is 1. The zero-order valence-electron chi connectivity index (χ0n) is 11.1. The fraction of sp³-hybridized carbons (Fsp3) is 0.714. The molecule has 0 aliphatic heterocycles. The predicted octanol–water partition coefficient (Wildman–Crippen LogP) is 1.61. The molecule has 3 N–H and O–H groups in total. The minimum atomic E-state index is -0.217. The van der Waals surface area contributed by atoms with E-state index in [-0.39, 0.29) is 17.6 Å². The molecule has 104 valence electrons. The molecule has 1 aromatic rings. The third-order valence-corrected chi connectivity index (χ3v) is 4.14. The highest BCUT2D eigenvalue weighted by molar-refractivity contribution is 5.34. The lowest BCUT2D eigenvalue weighted by molar-refractivity contribution is 0.0763. The molecule has 3 rings (SSSR count). The second kappa shape index (κ2) is 5.33. The third kappa shape index (κ3) is 3.15. The molecular weight excluding hydrogens is 242 g/mol. The molecule has 2 fully saturated rings. The molecule has 2 unspecified atom stereocenters. The number of aliphatic hydroxyl groups excluding tert-OH is 1. The molecule has 0 spiro atoms. The number of anilines is 1. The van der Waals surface area contributed by atoms with Crippen molar-refractivity contribution in [3.8, 4) is 0 Å². The van der Waals surface area contributed by atoms with Crippen LogP contribution in [-0.4, -0.2) is 27.7 Å². The van der Waals surface area contributed by atoms with Crippen LogP contribution in [0.15, 0.2) is 10.9 Å². The van der Waals surface area contributed by atoms with Gasteiger partial charge in [0.1, 0.15) is 11.6 Å². The normalized spacial score (nSPS) is 27.2. The van der Waals surface area contributed by atoms with Crippen molar-refractivity contribution >= 4 is 5.82 Å². The van der Waals surface area contributed by atoms with Gasteiger partial charge in [-0.25, -0.2) is 4.98 Å². The highest BCUT2D eigenvalue weighted by atomic mass is 16.3. The molecule has 2 atom stereocenters. The van der Waals surface area contributed by atoms with Gasteiger partial charge >= 0.3 is 0 Å². The van der Waals surface area contributed by atoms with Crippen LogP contribution in [0.2, 0.25) is 0 Å². The van der Waals surface area contributed by atoms with E-state index in [9.17, 15) is 9.90 Å². The molecule has 0 bridgehead atoms. The third-order valence-electron chi connectivity index (χ3n) is 4.14. The fourth-order valence-electron chi connectivity index (χ4n) is 2.78. The maximum Gasteiger partial charge on any atom is 0.252 e. The highest BCUT2D eigenvalue weighted by Gasteiger charge is 2.27. The number of H-pyrrole nitrogens is 1. The summed E-state index contributed by atoms with van der Waals surface area (Å²) in [6, 6.07) is 1.50. The Morgan fingerprint density at radius 1 is 1.32 bits per heavy atom. The average molecular weight is 263 g/mol. The van der Waals surface area contributed by atoms with Crippen LogP contribution in [-0.2, 0) is 0 Å². The monoisotopic (exact) mass is 263 g/mol. The summed E-state index contributed by atoms with van der Waals surface area (Å²) in [5, 5.41) is 13.1. The summed E-state index contributed by atoms with van der Waals surface area (Å²) in [4.78, 5) is 18.8. The van der Waals surface area contributed by atoms with Gasteiger partial charge in [0.25, 0.3) is 5.56 Å². The summed E-state index contributed by atoms with van der Waals surface area (Å²) in [6.07, 6.45) is 6.26. The van der Waals surface area contributed by atoms with Crippen molar-refractivity contribution in [3.05, 3.63) is 22.2 Å². The second-order valence-corrected chi connectivity index (χ2v) is 5.78. The van der Waals surface area contributed by atoms with Gasteiger partial charge in [0, 0.05) is 24.4 Å². The standard InChI is InChI=1S/C14H21N3O2/c18-11-4-2-1-3-10(11)8-15-12-7-13(19)17-14(16-12)9-5-6-9/h7,9-11,18H,1-6,8H2,(H2,15,16,17,19). The van der Waals surface area contributed by atoms with Gasteiger partial charge in [0.2, 0.25) is 0 Å². The van der Waals surface area contributed by atoms with Gasteiger partial charge in [-0.05, 0) is 25.7 Å². The van der Waals surface area contributed by atoms with Crippen LogP contribution < -0.4 is 10.9 Å². The van der Waals surface area contributed by atoms with Gasteiger partial charge in [-0.2, -0.15) is 0 Å². The summed E-state index contributed by atoms with van der Waals surface area (Å²) >= 11 is 0. The Kier molecular flexibility index (Phi) is 3.55. The first-order valence-corrected chi connectivity index (χ1v) is 7.25. The van der Waals surface area contributed by atoms with Crippen LogP contribution in [0, 0.1) is 5.92 Å². The maximum atomic E-state index is 11.6. The Morgan fingerprint density at radius 3 is 2.84 bits per heavy atom. The summed E-state index contributed by atoms with van der Waals surface area (Å²) < 4.78 is 0. The van der Waals surface area contributed by atoms with E-state index in [4.69, 9.17) is 0 Å². The molecule has 5 heteroatoms. The van der Waals surface area contributed by atoms with E-state index in [2.05, 4.69) is 15.3 Å². The van der Waals surface area contributed by atoms with Crippen LogP contribution in [0.1, 0.15) is 50.3 Å². The summed E-state index contributed by atoms with van der Waals surface area (Å²) in [6.45, 7) is 0.696. The fourth-order valence-corrected chi connectivity index (χ4v) is 2.78. The largest absolute Gasteiger partial charge is 0.393 e. The maximum absolute atomic E-state index is 11.6. The Morgan fingerprint density at radius 2 is 2.11 bits per heavy atom. The van der Waals surface area contributed by atoms with Gasteiger partial charge in [-0.15, -0.1) is 0 Å². The lowest BCUT2D eigenvalue weighted by Gasteiger charge is -2.27. The molecule has 2 saturated carbocycles. The number of aromatic amines is 1. The molecule has 2 aliphatic carbocycles. The number of aromatic nitrogens is 2. The first kappa shape index (κ1) is 12.7. The van der Waals surface area contributed by atoms with E-state index in [1.807, 2.05) is 0 Å². The van der Waals surface area contributed by atoms with Crippen LogP contribution >= 0.6 is 0 Å². The topological polar surface area (TPSA) is 78.0 Å².